The van der Waals surface area contributed by atoms with E-state index in [-0.39, 0.29) is 11.9 Å². The summed E-state index contributed by atoms with van der Waals surface area (Å²) < 4.78 is 10.8. The van der Waals surface area contributed by atoms with Gasteiger partial charge in [-0.05, 0) is 25.7 Å². The van der Waals surface area contributed by atoms with Gasteiger partial charge >= 0.3 is 11.9 Å². The van der Waals surface area contributed by atoms with Crippen molar-refractivity contribution in [1.82, 2.24) is 0 Å². The topological polar surface area (TPSA) is 52.6 Å². The molecule has 0 atom stereocenters. The van der Waals surface area contributed by atoms with E-state index >= 15 is 0 Å². The Bertz CT molecular complexity index is 540. The second-order valence-electron chi connectivity index (χ2n) is 13.9. The number of ether oxygens (including phenoxy) is 2. The number of esters is 2. The number of rotatable bonds is 38. The van der Waals surface area contributed by atoms with Gasteiger partial charge < -0.3 is 9.47 Å². The fourth-order valence-electron chi connectivity index (χ4n) is 6.18. The van der Waals surface area contributed by atoms with Gasteiger partial charge in [0.2, 0.25) is 0 Å². The first-order valence-corrected chi connectivity index (χ1v) is 20.5. The Hall–Kier alpha value is -1.06. The van der Waals surface area contributed by atoms with Crippen LogP contribution in [0.4, 0.5) is 0 Å². The summed E-state index contributed by atoms with van der Waals surface area (Å²) in [4.78, 5) is 23.9. The summed E-state index contributed by atoms with van der Waals surface area (Å²) in [7, 11) is 0. The molecular formula is C41H80O4. The van der Waals surface area contributed by atoms with E-state index in [0.29, 0.717) is 26.1 Å². The molecule has 268 valence electrons. The van der Waals surface area contributed by atoms with Crippen molar-refractivity contribution in [3.8, 4) is 0 Å². The largest absolute Gasteiger partial charge is 0.466 e. The van der Waals surface area contributed by atoms with Gasteiger partial charge in [0.1, 0.15) is 0 Å². The van der Waals surface area contributed by atoms with Crippen LogP contribution in [-0.4, -0.2) is 25.2 Å². The molecule has 0 aromatic carbocycles. The van der Waals surface area contributed by atoms with Crippen LogP contribution >= 0.6 is 0 Å². The average molecular weight is 637 g/mol. The molecule has 0 fully saturated rings. The molecule has 0 amide bonds. The van der Waals surface area contributed by atoms with Crippen molar-refractivity contribution in [3.05, 3.63) is 0 Å². The number of carbonyl (C=O) groups is 2. The molecule has 0 unspecified atom stereocenters. The van der Waals surface area contributed by atoms with E-state index in [1.807, 2.05) is 0 Å². The van der Waals surface area contributed by atoms with E-state index in [0.717, 1.165) is 44.9 Å². The number of hydrogen-bond donors (Lipinski definition) is 0. The minimum Gasteiger partial charge on any atom is -0.466 e. The summed E-state index contributed by atoms with van der Waals surface area (Å²) in [5.41, 5.74) is 0. The van der Waals surface area contributed by atoms with Crippen LogP contribution < -0.4 is 0 Å². The molecule has 0 radical (unpaired) electrons. The van der Waals surface area contributed by atoms with Gasteiger partial charge in [-0.25, -0.2) is 0 Å². The van der Waals surface area contributed by atoms with Crippen LogP contribution in [0.15, 0.2) is 0 Å². The fourth-order valence-corrected chi connectivity index (χ4v) is 6.18. The summed E-state index contributed by atoms with van der Waals surface area (Å²) in [5, 5.41) is 0. The van der Waals surface area contributed by atoms with Gasteiger partial charge in [0, 0.05) is 12.8 Å². The lowest BCUT2D eigenvalue weighted by molar-refractivity contribution is -0.144. The highest BCUT2D eigenvalue weighted by molar-refractivity contribution is 5.69. The highest BCUT2D eigenvalue weighted by Crippen LogP contribution is 2.15. The standard InChI is InChI=1S/C41H80O4/c1-3-5-7-9-11-13-15-17-19-21-23-25-27-29-34-38-44-40(42)36-32-31-33-37-41(43)45-39-35-30-28-26-24-22-20-18-16-14-12-10-8-6-4-2/h3-39H2,1-2H3. The summed E-state index contributed by atoms with van der Waals surface area (Å²) in [6, 6.07) is 0. The molecule has 4 heteroatoms. The van der Waals surface area contributed by atoms with Crippen LogP contribution in [0.3, 0.4) is 0 Å². The zero-order valence-electron chi connectivity index (χ0n) is 30.8. The Morgan fingerprint density at radius 1 is 0.289 bits per heavy atom. The molecule has 0 bridgehead atoms. The molecule has 0 aliphatic rings. The normalized spacial score (nSPS) is 11.2. The maximum absolute atomic E-state index is 12.0. The fraction of sp³-hybridized carbons (Fsp3) is 0.951. The van der Waals surface area contributed by atoms with Crippen LogP contribution in [-0.2, 0) is 19.1 Å². The monoisotopic (exact) mass is 637 g/mol. The van der Waals surface area contributed by atoms with Gasteiger partial charge in [-0.15, -0.1) is 0 Å². The van der Waals surface area contributed by atoms with Gasteiger partial charge in [0.05, 0.1) is 13.2 Å². The van der Waals surface area contributed by atoms with Crippen LogP contribution in [0.5, 0.6) is 0 Å². The van der Waals surface area contributed by atoms with Gasteiger partial charge in [0.15, 0.2) is 0 Å². The zero-order chi connectivity index (χ0) is 32.7. The molecule has 0 aliphatic heterocycles. The molecule has 0 N–H and O–H groups in total. The molecule has 0 heterocycles. The molecule has 0 aromatic heterocycles. The molecule has 0 spiro atoms. The Labute approximate surface area is 282 Å². The van der Waals surface area contributed by atoms with Crippen molar-refractivity contribution >= 4 is 11.9 Å². The lowest BCUT2D eigenvalue weighted by Crippen LogP contribution is -2.07. The molecule has 0 saturated carbocycles. The predicted octanol–water partition coefficient (Wildman–Crippen LogP) is 13.8. The second kappa shape index (κ2) is 39.1. The summed E-state index contributed by atoms with van der Waals surface area (Å²) in [6.45, 7) is 5.68. The SMILES string of the molecule is CCCCCCCCCCCCCCCCCOC(=O)CCCCCC(=O)OCCCCCCCCCCCCCCCCC. The zero-order valence-corrected chi connectivity index (χ0v) is 30.8. The second-order valence-corrected chi connectivity index (χ2v) is 13.9. The number of unbranched alkanes of at least 4 members (excludes halogenated alkanes) is 30. The Morgan fingerprint density at radius 2 is 0.489 bits per heavy atom. The van der Waals surface area contributed by atoms with E-state index in [2.05, 4.69) is 13.8 Å². The molecular weight excluding hydrogens is 556 g/mol. The lowest BCUT2D eigenvalue weighted by Gasteiger charge is -2.06. The predicted molar refractivity (Wildman–Crippen MR) is 195 cm³/mol. The molecule has 0 aromatic rings. The summed E-state index contributed by atoms with van der Waals surface area (Å²) in [6.07, 6.45) is 43.6. The first kappa shape index (κ1) is 43.9. The third-order valence-electron chi connectivity index (χ3n) is 9.28. The molecule has 0 rings (SSSR count). The third-order valence-corrected chi connectivity index (χ3v) is 9.28. The first-order valence-electron chi connectivity index (χ1n) is 20.5. The maximum Gasteiger partial charge on any atom is 0.305 e. The minimum absolute atomic E-state index is 0.0869. The highest BCUT2D eigenvalue weighted by atomic mass is 16.5. The Kier molecular flexibility index (Phi) is 38.2. The van der Waals surface area contributed by atoms with Gasteiger partial charge in [-0.2, -0.15) is 0 Å². The van der Waals surface area contributed by atoms with E-state index in [1.165, 1.54) is 167 Å². The van der Waals surface area contributed by atoms with E-state index in [9.17, 15) is 9.59 Å². The molecule has 45 heavy (non-hydrogen) atoms. The third kappa shape index (κ3) is 39.0. The minimum atomic E-state index is -0.0869. The average Bonchev–Trinajstić information content (AvgIpc) is 3.04. The van der Waals surface area contributed by atoms with Crippen LogP contribution in [0.25, 0.3) is 0 Å². The van der Waals surface area contributed by atoms with Crippen molar-refractivity contribution in [2.75, 3.05) is 13.2 Å². The van der Waals surface area contributed by atoms with E-state index in [4.69, 9.17) is 9.47 Å². The molecule has 4 nitrogen and oxygen atoms in total. The molecule has 0 saturated heterocycles. The van der Waals surface area contributed by atoms with Gasteiger partial charge in [-0.3, -0.25) is 9.59 Å². The van der Waals surface area contributed by atoms with Gasteiger partial charge in [0.25, 0.3) is 0 Å². The van der Waals surface area contributed by atoms with Crippen molar-refractivity contribution in [2.24, 2.45) is 0 Å². The molecule has 0 aliphatic carbocycles. The van der Waals surface area contributed by atoms with Crippen molar-refractivity contribution < 1.29 is 19.1 Å². The lowest BCUT2D eigenvalue weighted by atomic mass is 10.0. The van der Waals surface area contributed by atoms with Crippen molar-refractivity contribution in [3.63, 3.8) is 0 Å². The summed E-state index contributed by atoms with van der Waals surface area (Å²) in [5.74, 6) is -0.174. The Morgan fingerprint density at radius 3 is 0.733 bits per heavy atom. The van der Waals surface area contributed by atoms with Crippen LogP contribution in [0, 0.1) is 0 Å². The van der Waals surface area contributed by atoms with Crippen molar-refractivity contribution in [2.45, 2.75) is 239 Å². The van der Waals surface area contributed by atoms with E-state index < -0.39 is 0 Å². The van der Waals surface area contributed by atoms with Crippen LogP contribution in [0.2, 0.25) is 0 Å². The highest BCUT2D eigenvalue weighted by Gasteiger charge is 2.06. The van der Waals surface area contributed by atoms with Crippen LogP contribution in [0.1, 0.15) is 239 Å². The van der Waals surface area contributed by atoms with E-state index in [1.54, 1.807) is 0 Å². The number of hydrogen-bond acceptors (Lipinski definition) is 4. The quantitative estimate of drug-likeness (QED) is 0.0500. The maximum atomic E-state index is 12.0. The van der Waals surface area contributed by atoms with Crippen molar-refractivity contribution in [1.29, 1.82) is 0 Å². The smallest absolute Gasteiger partial charge is 0.305 e. The van der Waals surface area contributed by atoms with Gasteiger partial charge in [-0.1, -0.05) is 200 Å². The summed E-state index contributed by atoms with van der Waals surface area (Å²) >= 11 is 0. The Balaban J connectivity index is 3.25. The number of carbonyl (C=O) groups excluding carboxylic acids is 2. The first-order chi connectivity index (χ1) is 22.2.